The van der Waals surface area contributed by atoms with Crippen molar-refractivity contribution in [2.75, 3.05) is 33.3 Å². The molecule has 0 bridgehead atoms. The first-order chi connectivity index (χ1) is 7.51. The quantitative estimate of drug-likeness (QED) is 0.709. The first kappa shape index (κ1) is 13.5. The first-order valence-corrected chi connectivity index (χ1v) is 6.07. The van der Waals surface area contributed by atoms with Gasteiger partial charge in [-0.3, -0.25) is 4.79 Å². The van der Waals surface area contributed by atoms with Gasteiger partial charge in [0.15, 0.2) is 0 Å². The molecule has 0 aromatic carbocycles. The molecule has 0 amide bonds. The predicted molar refractivity (Wildman–Crippen MR) is 64.3 cm³/mol. The molecule has 0 aromatic heterocycles. The molecule has 94 valence electrons. The second kappa shape index (κ2) is 5.64. The average Bonchev–Trinajstić information content (AvgIpc) is 2.62. The Hall–Kier alpha value is -0.610. The van der Waals surface area contributed by atoms with Crippen LogP contribution in [0.15, 0.2) is 0 Å². The van der Waals surface area contributed by atoms with Crippen LogP contribution in [0.3, 0.4) is 0 Å². The number of carbonyl (C=O) groups is 1. The minimum absolute atomic E-state index is 0.172. The Morgan fingerprint density at radius 2 is 2.31 bits per heavy atom. The van der Waals surface area contributed by atoms with Gasteiger partial charge in [-0.25, -0.2) is 0 Å². The molecular weight excluding hydrogens is 204 g/mol. The van der Waals surface area contributed by atoms with Crippen LogP contribution in [0.5, 0.6) is 0 Å². The van der Waals surface area contributed by atoms with E-state index in [2.05, 4.69) is 17.1 Å². The molecule has 1 aliphatic rings. The maximum absolute atomic E-state index is 11.8. The van der Waals surface area contributed by atoms with E-state index >= 15 is 0 Å². The van der Waals surface area contributed by atoms with Crippen molar-refractivity contribution in [3.05, 3.63) is 0 Å². The van der Waals surface area contributed by atoms with Gasteiger partial charge in [0.25, 0.3) is 0 Å². The van der Waals surface area contributed by atoms with Crippen molar-refractivity contribution in [3.63, 3.8) is 0 Å². The summed E-state index contributed by atoms with van der Waals surface area (Å²) in [4.78, 5) is 14.1. The lowest BCUT2D eigenvalue weighted by Crippen LogP contribution is -2.57. The van der Waals surface area contributed by atoms with E-state index in [1.165, 1.54) is 13.5 Å². The standard InChI is InChI=1S/C12H24N2O2/c1-5-13-12(3,11(15)16-4)9-14-7-6-10(2)8-14/h10,13H,5-9H2,1-4H3. The van der Waals surface area contributed by atoms with Gasteiger partial charge >= 0.3 is 5.97 Å². The summed E-state index contributed by atoms with van der Waals surface area (Å²) < 4.78 is 4.88. The third-order valence-corrected chi connectivity index (χ3v) is 3.25. The van der Waals surface area contributed by atoms with Gasteiger partial charge in [0.1, 0.15) is 5.54 Å². The van der Waals surface area contributed by atoms with Crippen LogP contribution in [-0.2, 0) is 9.53 Å². The van der Waals surface area contributed by atoms with Crippen LogP contribution in [0.1, 0.15) is 27.2 Å². The smallest absolute Gasteiger partial charge is 0.327 e. The highest BCUT2D eigenvalue weighted by Gasteiger charge is 2.36. The first-order valence-electron chi connectivity index (χ1n) is 6.07. The molecule has 0 aliphatic carbocycles. The summed E-state index contributed by atoms with van der Waals surface area (Å²) in [5.41, 5.74) is -0.576. The molecule has 0 radical (unpaired) electrons. The van der Waals surface area contributed by atoms with Gasteiger partial charge < -0.3 is 15.0 Å². The van der Waals surface area contributed by atoms with Gasteiger partial charge in [-0.2, -0.15) is 0 Å². The van der Waals surface area contributed by atoms with Gasteiger partial charge in [0, 0.05) is 13.1 Å². The fraction of sp³-hybridized carbons (Fsp3) is 0.917. The lowest BCUT2D eigenvalue weighted by molar-refractivity contribution is -0.148. The topological polar surface area (TPSA) is 41.6 Å². The highest BCUT2D eigenvalue weighted by molar-refractivity contribution is 5.80. The van der Waals surface area contributed by atoms with E-state index in [0.717, 1.165) is 32.1 Å². The average molecular weight is 228 g/mol. The number of nitrogens with zero attached hydrogens (tertiary/aromatic N) is 1. The maximum Gasteiger partial charge on any atom is 0.327 e. The zero-order valence-corrected chi connectivity index (χ0v) is 10.9. The van der Waals surface area contributed by atoms with Crippen LogP contribution in [0, 0.1) is 5.92 Å². The van der Waals surface area contributed by atoms with E-state index in [0.29, 0.717) is 0 Å². The fourth-order valence-electron chi connectivity index (χ4n) is 2.43. The van der Waals surface area contributed by atoms with Crippen molar-refractivity contribution in [1.29, 1.82) is 0 Å². The number of ether oxygens (including phenoxy) is 1. The van der Waals surface area contributed by atoms with Crippen LogP contribution in [-0.4, -0.2) is 49.7 Å². The van der Waals surface area contributed by atoms with E-state index in [-0.39, 0.29) is 5.97 Å². The Bertz CT molecular complexity index is 245. The van der Waals surface area contributed by atoms with E-state index in [1.807, 2.05) is 13.8 Å². The normalized spacial score (nSPS) is 25.4. The van der Waals surface area contributed by atoms with E-state index in [9.17, 15) is 4.79 Å². The fourth-order valence-corrected chi connectivity index (χ4v) is 2.43. The number of rotatable bonds is 5. The van der Waals surface area contributed by atoms with Gasteiger partial charge in [-0.05, 0) is 32.4 Å². The molecule has 1 saturated heterocycles. The van der Waals surface area contributed by atoms with E-state index < -0.39 is 5.54 Å². The number of hydrogen-bond acceptors (Lipinski definition) is 4. The summed E-state index contributed by atoms with van der Waals surface area (Å²) in [6.07, 6.45) is 1.23. The van der Waals surface area contributed by atoms with Crippen molar-refractivity contribution in [2.45, 2.75) is 32.7 Å². The molecule has 0 aromatic rings. The van der Waals surface area contributed by atoms with Crippen LogP contribution in [0.4, 0.5) is 0 Å². The molecule has 2 unspecified atom stereocenters. The largest absolute Gasteiger partial charge is 0.468 e. The molecule has 2 atom stereocenters. The summed E-state index contributed by atoms with van der Waals surface area (Å²) in [5, 5.41) is 3.24. The Morgan fingerprint density at radius 3 is 2.75 bits per heavy atom. The van der Waals surface area contributed by atoms with Crippen LogP contribution in [0.25, 0.3) is 0 Å². The molecule has 0 spiro atoms. The number of esters is 1. The molecule has 1 N–H and O–H groups in total. The van der Waals surface area contributed by atoms with Gasteiger partial charge in [0.2, 0.25) is 0 Å². The van der Waals surface area contributed by atoms with Crippen molar-refractivity contribution < 1.29 is 9.53 Å². The summed E-state index contributed by atoms with van der Waals surface area (Å²) in [5.74, 6) is 0.567. The summed E-state index contributed by atoms with van der Waals surface area (Å²) in [6, 6.07) is 0. The third kappa shape index (κ3) is 3.19. The number of likely N-dealkylation sites (N-methyl/N-ethyl adjacent to an activating group) is 1. The minimum Gasteiger partial charge on any atom is -0.468 e. The lowest BCUT2D eigenvalue weighted by Gasteiger charge is -2.31. The monoisotopic (exact) mass is 228 g/mol. The van der Waals surface area contributed by atoms with Gasteiger partial charge in [0.05, 0.1) is 7.11 Å². The van der Waals surface area contributed by atoms with Gasteiger partial charge in [-0.15, -0.1) is 0 Å². The van der Waals surface area contributed by atoms with Crippen molar-refractivity contribution in [2.24, 2.45) is 5.92 Å². The Kier molecular flexibility index (Phi) is 4.74. The second-order valence-corrected chi connectivity index (χ2v) is 4.98. The Balaban J connectivity index is 2.59. The van der Waals surface area contributed by atoms with Crippen molar-refractivity contribution in [1.82, 2.24) is 10.2 Å². The molecule has 1 fully saturated rings. The minimum atomic E-state index is -0.576. The molecule has 0 saturated carbocycles. The number of hydrogen-bond donors (Lipinski definition) is 1. The molecule has 4 nitrogen and oxygen atoms in total. The predicted octanol–water partition coefficient (Wildman–Crippen LogP) is 0.869. The van der Waals surface area contributed by atoms with E-state index in [1.54, 1.807) is 0 Å². The molecular formula is C12H24N2O2. The molecule has 1 heterocycles. The number of methoxy groups -OCH3 is 1. The number of likely N-dealkylation sites (tertiary alicyclic amines) is 1. The number of nitrogens with one attached hydrogen (secondary N) is 1. The molecule has 1 rings (SSSR count). The molecule has 4 heteroatoms. The summed E-state index contributed by atoms with van der Waals surface area (Å²) >= 11 is 0. The summed E-state index contributed by atoms with van der Waals surface area (Å²) in [6.45, 7) is 9.85. The summed E-state index contributed by atoms with van der Waals surface area (Å²) in [7, 11) is 1.45. The Morgan fingerprint density at radius 1 is 1.62 bits per heavy atom. The van der Waals surface area contributed by atoms with E-state index in [4.69, 9.17) is 4.74 Å². The zero-order valence-electron chi connectivity index (χ0n) is 10.9. The van der Waals surface area contributed by atoms with Crippen LogP contribution < -0.4 is 5.32 Å². The maximum atomic E-state index is 11.8. The van der Waals surface area contributed by atoms with Crippen LogP contribution >= 0.6 is 0 Å². The van der Waals surface area contributed by atoms with Crippen molar-refractivity contribution in [3.8, 4) is 0 Å². The molecule has 1 aliphatic heterocycles. The molecule has 16 heavy (non-hydrogen) atoms. The van der Waals surface area contributed by atoms with Crippen molar-refractivity contribution >= 4 is 5.97 Å². The van der Waals surface area contributed by atoms with Crippen LogP contribution in [0.2, 0.25) is 0 Å². The number of carbonyl (C=O) groups excluding carboxylic acids is 1. The second-order valence-electron chi connectivity index (χ2n) is 4.98. The van der Waals surface area contributed by atoms with Gasteiger partial charge in [-0.1, -0.05) is 13.8 Å². The SMILES string of the molecule is CCNC(C)(CN1CCC(C)C1)C(=O)OC. The lowest BCUT2D eigenvalue weighted by atomic mass is 10.0. The highest BCUT2D eigenvalue weighted by Crippen LogP contribution is 2.18. The third-order valence-electron chi connectivity index (χ3n) is 3.25. The highest BCUT2D eigenvalue weighted by atomic mass is 16.5. The zero-order chi connectivity index (χ0) is 12.2. The Labute approximate surface area is 98.3 Å².